The number of methoxy groups -OCH3 is 1. The lowest BCUT2D eigenvalue weighted by Gasteiger charge is -2.36. The minimum atomic E-state index is -0.791. The summed E-state index contributed by atoms with van der Waals surface area (Å²) >= 11 is 0. The zero-order chi connectivity index (χ0) is 14.6. The van der Waals surface area contributed by atoms with Crippen LogP contribution in [-0.4, -0.2) is 60.8 Å². The molecule has 3 N–H and O–H groups in total. The van der Waals surface area contributed by atoms with Crippen molar-refractivity contribution in [1.82, 2.24) is 5.32 Å². The van der Waals surface area contributed by atoms with Crippen molar-refractivity contribution in [2.75, 3.05) is 33.4 Å². The van der Waals surface area contributed by atoms with E-state index in [1.807, 2.05) is 0 Å². The third-order valence-corrected chi connectivity index (χ3v) is 4.67. The topological polar surface area (TPSA) is 88.0 Å². The minimum Gasteiger partial charge on any atom is -0.481 e. The molecule has 2 rings (SSSR count). The van der Waals surface area contributed by atoms with Crippen molar-refractivity contribution in [1.29, 1.82) is 0 Å². The zero-order valence-electron chi connectivity index (χ0n) is 12.1. The highest BCUT2D eigenvalue weighted by Gasteiger charge is 2.38. The molecule has 1 aliphatic heterocycles. The molecular formula is C14H25NO5. The molecule has 20 heavy (non-hydrogen) atoms. The predicted molar refractivity (Wildman–Crippen MR) is 72.6 cm³/mol. The van der Waals surface area contributed by atoms with E-state index in [9.17, 15) is 9.90 Å². The number of rotatable bonds is 6. The van der Waals surface area contributed by atoms with Gasteiger partial charge in [-0.3, -0.25) is 4.79 Å². The maximum atomic E-state index is 10.9. The van der Waals surface area contributed by atoms with Gasteiger partial charge in [-0.2, -0.15) is 0 Å². The van der Waals surface area contributed by atoms with Crippen molar-refractivity contribution in [3.8, 4) is 0 Å². The number of nitrogens with one attached hydrogen (secondary N) is 1. The first-order chi connectivity index (χ1) is 9.49. The van der Waals surface area contributed by atoms with Gasteiger partial charge in [-0.1, -0.05) is 0 Å². The Balaban J connectivity index is 1.75. The Morgan fingerprint density at radius 2 is 2.05 bits per heavy atom. The number of carboxylic acid groups (broad SMARTS) is 1. The second-order valence-electron chi connectivity index (χ2n) is 6.13. The Hall–Kier alpha value is -0.690. The fourth-order valence-electron chi connectivity index (χ4n) is 3.06. The highest BCUT2D eigenvalue weighted by Crippen LogP contribution is 2.32. The Kier molecular flexibility index (Phi) is 5.01. The maximum Gasteiger partial charge on any atom is 0.306 e. The quantitative estimate of drug-likeness (QED) is 0.655. The highest BCUT2D eigenvalue weighted by molar-refractivity contribution is 5.70. The Morgan fingerprint density at radius 3 is 2.55 bits per heavy atom. The SMILES string of the molecule is COC1(CNCC2(O)CCC(C(=O)O)CC2)CCOC1. The molecule has 1 heterocycles. The summed E-state index contributed by atoms with van der Waals surface area (Å²) < 4.78 is 10.9. The van der Waals surface area contributed by atoms with Crippen LogP contribution in [0.1, 0.15) is 32.1 Å². The fourth-order valence-corrected chi connectivity index (χ4v) is 3.06. The summed E-state index contributed by atoms with van der Waals surface area (Å²) in [6, 6.07) is 0. The van der Waals surface area contributed by atoms with Gasteiger partial charge in [0.05, 0.1) is 18.1 Å². The molecule has 1 saturated carbocycles. The molecule has 1 unspecified atom stereocenters. The van der Waals surface area contributed by atoms with Crippen LogP contribution in [-0.2, 0) is 14.3 Å². The Morgan fingerprint density at radius 1 is 1.35 bits per heavy atom. The van der Waals surface area contributed by atoms with Gasteiger partial charge >= 0.3 is 5.97 Å². The summed E-state index contributed by atoms with van der Waals surface area (Å²) in [5.74, 6) is -1.05. The third kappa shape index (κ3) is 3.69. The molecule has 0 bridgehead atoms. The van der Waals surface area contributed by atoms with E-state index in [0.29, 0.717) is 52.0 Å². The molecule has 0 amide bonds. The van der Waals surface area contributed by atoms with Gasteiger partial charge in [-0.25, -0.2) is 0 Å². The van der Waals surface area contributed by atoms with Crippen LogP contribution in [0.2, 0.25) is 0 Å². The Bertz CT molecular complexity index is 332. The van der Waals surface area contributed by atoms with E-state index < -0.39 is 11.6 Å². The van der Waals surface area contributed by atoms with E-state index in [1.165, 1.54) is 0 Å². The molecule has 1 aliphatic carbocycles. The first-order valence-corrected chi connectivity index (χ1v) is 7.27. The number of carbonyl (C=O) groups is 1. The largest absolute Gasteiger partial charge is 0.481 e. The molecule has 2 aliphatic rings. The van der Waals surface area contributed by atoms with E-state index >= 15 is 0 Å². The van der Waals surface area contributed by atoms with Gasteiger partial charge in [0.15, 0.2) is 0 Å². The van der Waals surface area contributed by atoms with Crippen molar-refractivity contribution in [3.05, 3.63) is 0 Å². The smallest absolute Gasteiger partial charge is 0.306 e. The number of hydrogen-bond acceptors (Lipinski definition) is 5. The number of hydrogen-bond donors (Lipinski definition) is 3. The van der Waals surface area contributed by atoms with Crippen LogP contribution in [0.5, 0.6) is 0 Å². The van der Waals surface area contributed by atoms with Crippen LogP contribution >= 0.6 is 0 Å². The van der Waals surface area contributed by atoms with Crippen molar-refractivity contribution < 1.29 is 24.5 Å². The average Bonchev–Trinajstić information content (AvgIpc) is 2.88. The van der Waals surface area contributed by atoms with Crippen LogP contribution in [0.4, 0.5) is 0 Å². The fraction of sp³-hybridized carbons (Fsp3) is 0.929. The summed E-state index contributed by atoms with van der Waals surface area (Å²) in [7, 11) is 1.68. The van der Waals surface area contributed by atoms with Crippen molar-refractivity contribution in [3.63, 3.8) is 0 Å². The molecule has 0 aromatic rings. The van der Waals surface area contributed by atoms with E-state index in [0.717, 1.165) is 6.42 Å². The summed E-state index contributed by atoms with van der Waals surface area (Å²) in [5.41, 5.74) is -1.07. The summed E-state index contributed by atoms with van der Waals surface area (Å²) in [6.45, 7) is 2.41. The van der Waals surface area contributed by atoms with Gasteiger partial charge in [0.2, 0.25) is 0 Å². The highest BCUT2D eigenvalue weighted by atomic mass is 16.5. The standard InChI is InChI=1S/C14H25NO5/c1-19-14(6-7-20-10-14)9-15-8-13(18)4-2-11(3-5-13)12(16)17/h11,15,18H,2-10H2,1H3,(H,16,17). The third-order valence-electron chi connectivity index (χ3n) is 4.67. The molecule has 0 aromatic heterocycles. The summed E-state index contributed by atoms with van der Waals surface area (Å²) in [4.78, 5) is 10.9. The monoisotopic (exact) mass is 287 g/mol. The summed E-state index contributed by atoms with van der Waals surface area (Å²) in [6.07, 6.45) is 3.02. The van der Waals surface area contributed by atoms with E-state index in [1.54, 1.807) is 7.11 Å². The molecule has 116 valence electrons. The Labute approximate surface area is 119 Å². The first-order valence-electron chi connectivity index (χ1n) is 7.27. The van der Waals surface area contributed by atoms with Crippen LogP contribution in [0.3, 0.4) is 0 Å². The second-order valence-corrected chi connectivity index (χ2v) is 6.13. The van der Waals surface area contributed by atoms with Gasteiger partial charge in [0.25, 0.3) is 0 Å². The first kappa shape index (κ1) is 15.7. The average molecular weight is 287 g/mol. The summed E-state index contributed by atoms with van der Waals surface area (Å²) in [5, 5.41) is 22.7. The van der Waals surface area contributed by atoms with Gasteiger partial charge in [-0.05, 0) is 25.7 Å². The molecule has 0 radical (unpaired) electrons. The van der Waals surface area contributed by atoms with Crippen LogP contribution in [0.25, 0.3) is 0 Å². The number of ether oxygens (including phenoxy) is 2. The van der Waals surface area contributed by atoms with Crippen molar-refractivity contribution in [2.45, 2.75) is 43.3 Å². The van der Waals surface area contributed by atoms with Crippen LogP contribution in [0.15, 0.2) is 0 Å². The van der Waals surface area contributed by atoms with Crippen molar-refractivity contribution in [2.24, 2.45) is 5.92 Å². The van der Waals surface area contributed by atoms with Gasteiger partial charge < -0.3 is 25.0 Å². The molecule has 2 fully saturated rings. The van der Waals surface area contributed by atoms with Gasteiger partial charge in [0, 0.05) is 33.2 Å². The van der Waals surface area contributed by atoms with E-state index in [2.05, 4.69) is 5.32 Å². The lowest BCUT2D eigenvalue weighted by atomic mass is 9.78. The molecule has 6 nitrogen and oxygen atoms in total. The molecule has 1 atom stereocenters. The van der Waals surface area contributed by atoms with Gasteiger partial charge in [-0.15, -0.1) is 0 Å². The lowest BCUT2D eigenvalue weighted by Crippen LogP contribution is -2.50. The second kappa shape index (κ2) is 6.39. The molecule has 0 spiro atoms. The zero-order valence-corrected chi connectivity index (χ0v) is 12.1. The lowest BCUT2D eigenvalue weighted by molar-refractivity contribution is -0.144. The van der Waals surface area contributed by atoms with E-state index in [-0.39, 0.29) is 11.5 Å². The normalized spacial score (nSPS) is 38.0. The molecule has 6 heteroatoms. The number of aliphatic hydroxyl groups is 1. The number of carboxylic acids is 1. The molecular weight excluding hydrogens is 262 g/mol. The van der Waals surface area contributed by atoms with Crippen molar-refractivity contribution >= 4 is 5.97 Å². The van der Waals surface area contributed by atoms with Gasteiger partial charge in [0.1, 0.15) is 5.60 Å². The molecule has 1 saturated heterocycles. The van der Waals surface area contributed by atoms with Crippen LogP contribution in [0, 0.1) is 5.92 Å². The minimum absolute atomic E-state index is 0.283. The van der Waals surface area contributed by atoms with Crippen LogP contribution < -0.4 is 5.32 Å². The number of aliphatic carboxylic acids is 1. The maximum absolute atomic E-state index is 10.9. The predicted octanol–water partition coefficient (Wildman–Crippen LogP) is 0.387. The molecule has 0 aromatic carbocycles. The van der Waals surface area contributed by atoms with E-state index in [4.69, 9.17) is 14.6 Å².